The highest BCUT2D eigenvalue weighted by Gasteiger charge is 2.20. The van der Waals surface area contributed by atoms with Crippen LogP contribution < -0.4 is 14.2 Å². The molecule has 0 aliphatic rings. The Bertz CT molecular complexity index is 821. The third-order valence-corrected chi connectivity index (χ3v) is 5.35. The molecule has 0 atom stereocenters. The first-order valence-electron chi connectivity index (χ1n) is 7.37. The lowest BCUT2D eigenvalue weighted by Gasteiger charge is -2.13. The fraction of sp³-hybridized carbons (Fsp3) is 0.294. The molecule has 0 saturated heterocycles. The predicted octanol–water partition coefficient (Wildman–Crippen LogP) is 3.32. The van der Waals surface area contributed by atoms with E-state index in [2.05, 4.69) is 4.72 Å². The fourth-order valence-electron chi connectivity index (χ4n) is 2.11. The number of rotatable bonds is 7. The van der Waals surface area contributed by atoms with Crippen LogP contribution in [0.3, 0.4) is 0 Å². The number of hydrogen-bond acceptors (Lipinski definition) is 4. The van der Waals surface area contributed by atoms with E-state index < -0.39 is 10.0 Å². The minimum absolute atomic E-state index is 0.115. The Morgan fingerprint density at radius 3 is 2.42 bits per heavy atom. The molecule has 0 heterocycles. The van der Waals surface area contributed by atoms with Gasteiger partial charge in [0.25, 0.3) is 0 Å². The van der Waals surface area contributed by atoms with Gasteiger partial charge in [0.1, 0.15) is 23.0 Å². The van der Waals surface area contributed by atoms with Crippen molar-refractivity contribution in [2.45, 2.75) is 18.7 Å². The average Bonchev–Trinajstić information content (AvgIpc) is 2.55. The summed E-state index contributed by atoms with van der Waals surface area (Å²) in [6.45, 7) is 4.03. The van der Waals surface area contributed by atoms with Gasteiger partial charge in [-0.15, -0.1) is 0 Å². The van der Waals surface area contributed by atoms with E-state index in [1.165, 1.54) is 7.11 Å². The minimum atomic E-state index is -3.69. The van der Waals surface area contributed by atoms with Crippen molar-refractivity contribution in [2.24, 2.45) is 0 Å². The van der Waals surface area contributed by atoms with Crippen molar-refractivity contribution in [1.82, 2.24) is 4.72 Å². The summed E-state index contributed by atoms with van der Waals surface area (Å²) in [5.41, 5.74) is 1.84. The Morgan fingerprint density at radius 1 is 1.08 bits per heavy atom. The molecule has 2 rings (SSSR count). The maximum absolute atomic E-state index is 12.5. The molecule has 7 heteroatoms. The molecule has 0 bridgehead atoms. The maximum atomic E-state index is 12.5. The van der Waals surface area contributed by atoms with Gasteiger partial charge in [-0.1, -0.05) is 23.7 Å². The second-order valence-corrected chi connectivity index (χ2v) is 7.41. The van der Waals surface area contributed by atoms with E-state index in [4.69, 9.17) is 21.1 Å². The number of sulfonamides is 1. The zero-order chi connectivity index (χ0) is 17.7. The number of nitrogens with one attached hydrogen (secondary N) is 1. The van der Waals surface area contributed by atoms with Crippen LogP contribution >= 0.6 is 11.6 Å². The number of ether oxygens (including phenoxy) is 2. The van der Waals surface area contributed by atoms with Gasteiger partial charge in [0.15, 0.2) is 0 Å². The van der Waals surface area contributed by atoms with Crippen LogP contribution in [0.5, 0.6) is 11.5 Å². The molecule has 0 aliphatic carbocycles. The molecule has 0 spiro atoms. The van der Waals surface area contributed by atoms with Gasteiger partial charge in [-0.05, 0) is 49.2 Å². The van der Waals surface area contributed by atoms with E-state index in [1.54, 1.807) is 36.4 Å². The lowest BCUT2D eigenvalue weighted by Crippen LogP contribution is -2.28. The molecule has 2 aromatic rings. The van der Waals surface area contributed by atoms with Crippen molar-refractivity contribution in [3.8, 4) is 11.5 Å². The highest BCUT2D eigenvalue weighted by Crippen LogP contribution is 2.27. The lowest BCUT2D eigenvalue weighted by atomic mass is 10.1. The first-order chi connectivity index (χ1) is 11.3. The normalized spacial score (nSPS) is 11.3. The van der Waals surface area contributed by atoms with Gasteiger partial charge in [-0.2, -0.15) is 0 Å². The third-order valence-electron chi connectivity index (χ3n) is 3.56. The van der Waals surface area contributed by atoms with E-state index in [1.807, 2.05) is 13.8 Å². The maximum Gasteiger partial charge on any atom is 0.244 e. The van der Waals surface area contributed by atoms with Crippen molar-refractivity contribution in [2.75, 3.05) is 20.3 Å². The standard InChI is InChI=1S/C17H20ClNO4S/c1-12-10-16(22-3)17(11-13(12)2)24(20,21)19-8-9-23-15-7-5-4-6-14(15)18/h4-7,10-11,19H,8-9H2,1-3H3. The molecule has 0 unspecified atom stereocenters. The Kier molecular flexibility index (Phi) is 6.10. The van der Waals surface area contributed by atoms with Crippen molar-refractivity contribution in [1.29, 1.82) is 0 Å². The Balaban J connectivity index is 2.04. The molecule has 0 saturated carbocycles. The fourth-order valence-corrected chi connectivity index (χ4v) is 3.55. The van der Waals surface area contributed by atoms with Crippen molar-refractivity contribution in [3.63, 3.8) is 0 Å². The number of halogens is 1. The van der Waals surface area contributed by atoms with E-state index in [-0.39, 0.29) is 18.0 Å². The number of benzene rings is 2. The average molecular weight is 370 g/mol. The molecule has 0 aliphatic heterocycles. The molecular weight excluding hydrogens is 350 g/mol. The van der Waals surface area contributed by atoms with Gasteiger partial charge in [0, 0.05) is 6.54 Å². The molecule has 2 aromatic carbocycles. The largest absolute Gasteiger partial charge is 0.495 e. The summed E-state index contributed by atoms with van der Waals surface area (Å²) in [5, 5.41) is 0.483. The molecule has 5 nitrogen and oxygen atoms in total. The summed E-state index contributed by atoms with van der Waals surface area (Å²) >= 11 is 5.98. The van der Waals surface area contributed by atoms with Crippen molar-refractivity contribution < 1.29 is 17.9 Å². The van der Waals surface area contributed by atoms with Crippen LogP contribution in [0.4, 0.5) is 0 Å². The van der Waals surface area contributed by atoms with E-state index >= 15 is 0 Å². The summed E-state index contributed by atoms with van der Waals surface area (Å²) in [7, 11) is -2.25. The van der Waals surface area contributed by atoms with Crippen LogP contribution in [0.25, 0.3) is 0 Å². The molecule has 0 amide bonds. The molecule has 0 fully saturated rings. The smallest absolute Gasteiger partial charge is 0.244 e. The second kappa shape index (κ2) is 7.88. The third kappa shape index (κ3) is 4.41. The van der Waals surface area contributed by atoms with Crippen LogP contribution in [-0.4, -0.2) is 28.7 Å². The quantitative estimate of drug-likeness (QED) is 0.760. The first-order valence-corrected chi connectivity index (χ1v) is 9.23. The minimum Gasteiger partial charge on any atom is -0.495 e. The van der Waals surface area contributed by atoms with Crippen LogP contribution in [-0.2, 0) is 10.0 Å². The monoisotopic (exact) mass is 369 g/mol. The van der Waals surface area contributed by atoms with Crippen LogP contribution in [0.2, 0.25) is 5.02 Å². The summed E-state index contributed by atoms with van der Waals surface area (Å²) in [5.74, 6) is 0.833. The Morgan fingerprint density at radius 2 is 1.75 bits per heavy atom. The number of para-hydroxylation sites is 1. The van der Waals surface area contributed by atoms with Gasteiger partial charge in [0.05, 0.1) is 12.1 Å². The summed E-state index contributed by atoms with van der Waals surface area (Å²) in [6, 6.07) is 10.3. The highest BCUT2D eigenvalue weighted by molar-refractivity contribution is 7.89. The van der Waals surface area contributed by atoms with Gasteiger partial charge in [-0.3, -0.25) is 0 Å². The van der Waals surface area contributed by atoms with Gasteiger partial charge in [-0.25, -0.2) is 13.1 Å². The van der Waals surface area contributed by atoms with Crippen molar-refractivity contribution in [3.05, 3.63) is 52.5 Å². The number of methoxy groups -OCH3 is 1. The predicted molar refractivity (Wildman–Crippen MR) is 94.6 cm³/mol. The van der Waals surface area contributed by atoms with Gasteiger partial charge >= 0.3 is 0 Å². The highest BCUT2D eigenvalue weighted by atomic mass is 35.5. The van der Waals surface area contributed by atoms with E-state index in [0.717, 1.165) is 11.1 Å². The topological polar surface area (TPSA) is 64.6 Å². The van der Waals surface area contributed by atoms with Gasteiger partial charge < -0.3 is 9.47 Å². The molecule has 1 N–H and O–H groups in total. The van der Waals surface area contributed by atoms with Crippen LogP contribution in [0, 0.1) is 13.8 Å². The second-order valence-electron chi connectivity index (χ2n) is 5.26. The number of aryl methyl sites for hydroxylation is 2. The molecule has 0 radical (unpaired) electrons. The first kappa shape index (κ1) is 18.6. The molecule has 24 heavy (non-hydrogen) atoms. The summed E-state index contributed by atoms with van der Waals surface area (Å²) < 4.78 is 38.1. The molecule has 130 valence electrons. The Hall–Kier alpha value is -1.76. The zero-order valence-electron chi connectivity index (χ0n) is 13.8. The summed E-state index contributed by atoms with van der Waals surface area (Å²) in [4.78, 5) is 0.117. The van der Waals surface area contributed by atoms with Crippen LogP contribution in [0.1, 0.15) is 11.1 Å². The van der Waals surface area contributed by atoms with E-state index in [0.29, 0.717) is 16.5 Å². The van der Waals surface area contributed by atoms with Gasteiger partial charge in [0.2, 0.25) is 10.0 Å². The van der Waals surface area contributed by atoms with E-state index in [9.17, 15) is 8.42 Å². The Labute approximate surface area is 147 Å². The molecular formula is C17H20ClNO4S. The lowest BCUT2D eigenvalue weighted by molar-refractivity contribution is 0.323. The summed E-state index contributed by atoms with van der Waals surface area (Å²) in [6.07, 6.45) is 0. The SMILES string of the molecule is COc1cc(C)c(C)cc1S(=O)(=O)NCCOc1ccccc1Cl. The number of hydrogen-bond donors (Lipinski definition) is 1. The van der Waals surface area contributed by atoms with Crippen LogP contribution in [0.15, 0.2) is 41.3 Å². The zero-order valence-corrected chi connectivity index (χ0v) is 15.4. The van der Waals surface area contributed by atoms with Crippen molar-refractivity contribution >= 4 is 21.6 Å². The molecule has 0 aromatic heterocycles.